The molecule has 0 spiro atoms. The molecule has 1 saturated heterocycles. The Labute approximate surface area is 266 Å². The highest BCUT2D eigenvalue weighted by atomic mass is 35.5. The molecule has 1 aromatic heterocycles. The fourth-order valence-electron chi connectivity index (χ4n) is 5.79. The Kier molecular flexibility index (Phi) is 10.4. The van der Waals surface area contributed by atoms with E-state index in [1.165, 1.54) is 21.3 Å². The second-order valence-electron chi connectivity index (χ2n) is 11.1. The van der Waals surface area contributed by atoms with Crippen molar-refractivity contribution in [1.29, 1.82) is 5.41 Å². The summed E-state index contributed by atoms with van der Waals surface area (Å²) in [6.07, 6.45) is 2.08. The van der Waals surface area contributed by atoms with Crippen molar-refractivity contribution in [2.45, 2.75) is 43.4 Å². The summed E-state index contributed by atoms with van der Waals surface area (Å²) in [7, 11) is 4.45. The number of Topliss-reactive ketones (excluding diaryl/α,β-unsaturated/α-hetero) is 1. The zero-order valence-corrected chi connectivity index (χ0v) is 27.1. The summed E-state index contributed by atoms with van der Waals surface area (Å²) >= 11 is 14.2. The van der Waals surface area contributed by atoms with Gasteiger partial charge in [-0.25, -0.2) is 0 Å². The van der Waals surface area contributed by atoms with Gasteiger partial charge in [0.15, 0.2) is 11.5 Å². The zero-order valence-electron chi connectivity index (χ0n) is 24.8. The predicted octanol–water partition coefficient (Wildman–Crippen LogP) is 6.54. The topological polar surface area (TPSA) is 115 Å². The molecule has 2 aromatic carbocycles. The minimum Gasteiger partial charge on any atom is -0.493 e. The molecule has 1 aliphatic rings. The average molecular weight is 647 g/mol. The van der Waals surface area contributed by atoms with Crippen molar-refractivity contribution >= 4 is 51.9 Å². The number of thiophene rings is 1. The molecule has 1 unspecified atom stereocenters. The van der Waals surface area contributed by atoms with Gasteiger partial charge in [0.1, 0.15) is 0 Å². The SMILES string of the molecule is COc1cc(C(=O)C(=N)CC(C)(CCN2CCC(C(N)=O)(c3cccs3)CC2)c2ccc(Cl)c(Cl)c2)cc(OC)c1OC. The number of likely N-dealkylation sites (tertiary alicyclic amines) is 1. The molecule has 1 fully saturated rings. The number of halogens is 2. The number of piperidine rings is 1. The van der Waals surface area contributed by atoms with Crippen LogP contribution in [0.25, 0.3) is 0 Å². The molecule has 8 nitrogen and oxygen atoms in total. The predicted molar refractivity (Wildman–Crippen MR) is 172 cm³/mol. The number of nitrogens with two attached hydrogens (primary N) is 1. The van der Waals surface area contributed by atoms with E-state index in [9.17, 15) is 9.59 Å². The summed E-state index contributed by atoms with van der Waals surface area (Å²) in [5.74, 6) is 0.323. The first-order chi connectivity index (χ1) is 20.5. The van der Waals surface area contributed by atoms with Gasteiger partial charge >= 0.3 is 0 Å². The molecule has 2 heterocycles. The number of methoxy groups -OCH3 is 3. The van der Waals surface area contributed by atoms with E-state index in [1.54, 1.807) is 29.5 Å². The fourth-order valence-corrected chi connectivity index (χ4v) is 7.08. The normalized spacial score (nSPS) is 16.2. The van der Waals surface area contributed by atoms with Gasteiger partial charge in [0.25, 0.3) is 0 Å². The van der Waals surface area contributed by atoms with Crippen LogP contribution in [0.4, 0.5) is 0 Å². The summed E-state index contributed by atoms with van der Waals surface area (Å²) in [5, 5.41) is 11.7. The molecule has 1 amide bonds. The monoisotopic (exact) mass is 645 g/mol. The molecular formula is C32H37Cl2N3O5S. The number of nitrogens with one attached hydrogen (secondary N) is 1. The van der Waals surface area contributed by atoms with Crippen molar-refractivity contribution in [3.05, 3.63) is 73.9 Å². The lowest BCUT2D eigenvalue weighted by atomic mass is 9.73. The molecule has 1 aliphatic heterocycles. The highest BCUT2D eigenvalue weighted by Crippen LogP contribution is 2.41. The van der Waals surface area contributed by atoms with Crippen LogP contribution in [0.5, 0.6) is 17.2 Å². The van der Waals surface area contributed by atoms with E-state index in [4.69, 9.17) is 48.6 Å². The summed E-state index contributed by atoms with van der Waals surface area (Å²) in [4.78, 5) is 29.5. The first kappa shape index (κ1) is 32.8. The van der Waals surface area contributed by atoms with Gasteiger partial charge in [0, 0.05) is 16.9 Å². The maximum Gasteiger partial charge on any atom is 0.229 e. The van der Waals surface area contributed by atoms with Crippen LogP contribution in [-0.2, 0) is 15.6 Å². The Morgan fingerprint density at radius 1 is 1.02 bits per heavy atom. The number of ketones is 1. The third-order valence-electron chi connectivity index (χ3n) is 8.54. The molecule has 11 heteroatoms. The second-order valence-corrected chi connectivity index (χ2v) is 12.9. The Morgan fingerprint density at radius 3 is 2.19 bits per heavy atom. The van der Waals surface area contributed by atoms with Crippen molar-refractivity contribution < 1.29 is 23.8 Å². The molecule has 3 N–H and O–H groups in total. The third kappa shape index (κ3) is 6.85. The number of ether oxygens (including phenoxy) is 3. The zero-order chi connectivity index (χ0) is 31.4. The van der Waals surface area contributed by atoms with Crippen LogP contribution in [0.15, 0.2) is 47.8 Å². The molecule has 0 radical (unpaired) electrons. The molecular weight excluding hydrogens is 609 g/mol. The number of amides is 1. The molecule has 4 rings (SSSR count). The number of hydrogen-bond donors (Lipinski definition) is 2. The highest BCUT2D eigenvalue weighted by Gasteiger charge is 2.42. The van der Waals surface area contributed by atoms with E-state index in [1.807, 2.05) is 36.6 Å². The van der Waals surface area contributed by atoms with E-state index in [0.717, 1.165) is 10.4 Å². The number of benzene rings is 2. The molecule has 0 saturated carbocycles. The van der Waals surface area contributed by atoms with Gasteiger partial charge in [0.2, 0.25) is 17.4 Å². The van der Waals surface area contributed by atoms with Crippen LogP contribution in [-0.4, -0.2) is 63.3 Å². The van der Waals surface area contributed by atoms with E-state index >= 15 is 0 Å². The number of nitrogens with zero attached hydrogens (tertiary/aromatic N) is 1. The molecule has 1 atom stereocenters. The van der Waals surface area contributed by atoms with Gasteiger partial charge in [-0.3, -0.25) is 9.59 Å². The second kappa shape index (κ2) is 13.7. The van der Waals surface area contributed by atoms with Crippen LogP contribution in [0, 0.1) is 5.41 Å². The van der Waals surface area contributed by atoms with Gasteiger partial charge in [0.05, 0.1) is 42.5 Å². The van der Waals surface area contributed by atoms with E-state index in [2.05, 4.69) is 4.90 Å². The molecule has 43 heavy (non-hydrogen) atoms. The van der Waals surface area contributed by atoms with Gasteiger partial charge in [-0.15, -0.1) is 11.3 Å². The minimum absolute atomic E-state index is 0.0630. The standard InChI is InChI=1S/C32H37Cl2N3O5S/c1-31(21-7-8-22(33)23(34)18-21,9-12-37-13-10-32(11-14-37,30(36)39)27-6-5-15-43-27)19-24(35)28(38)20-16-25(40-2)29(42-4)26(17-20)41-3/h5-8,15-18,35H,9-14,19H2,1-4H3,(H2,36,39). The fraction of sp³-hybridized carbons (Fsp3) is 0.406. The quantitative estimate of drug-likeness (QED) is 0.161. The summed E-state index contributed by atoms with van der Waals surface area (Å²) < 4.78 is 16.2. The van der Waals surface area contributed by atoms with Crippen molar-refractivity contribution in [3.63, 3.8) is 0 Å². The summed E-state index contributed by atoms with van der Waals surface area (Å²) in [6, 6.07) is 12.5. The van der Waals surface area contributed by atoms with E-state index in [0.29, 0.717) is 66.2 Å². The van der Waals surface area contributed by atoms with Gasteiger partial charge in [-0.05, 0) is 85.6 Å². The molecule has 230 valence electrons. The lowest BCUT2D eigenvalue weighted by molar-refractivity contribution is -0.125. The van der Waals surface area contributed by atoms with Gasteiger partial charge in [-0.2, -0.15) is 0 Å². The van der Waals surface area contributed by atoms with E-state index < -0.39 is 16.6 Å². The largest absolute Gasteiger partial charge is 0.493 e. The van der Waals surface area contributed by atoms with Crippen LogP contribution in [0.2, 0.25) is 10.0 Å². The highest BCUT2D eigenvalue weighted by molar-refractivity contribution is 7.10. The van der Waals surface area contributed by atoms with Crippen LogP contribution in [0.1, 0.15) is 53.4 Å². The van der Waals surface area contributed by atoms with Crippen molar-refractivity contribution in [2.24, 2.45) is 5.73 Å². The van der Waals surface area contributed by atoms with Crippen molar-refractivity contribution in [2.75, 3.05) is 41.0 Å². The number of primary amides is 1. The number of hydrogen-bond acceptors (Lipinski definition) is 8. The Morgan fingerprint density at radius 2 is 1.67 bits per heavy atom. The number of rotatable bonds is 13. The number of carbonyl (C=O) groups is 2. The van der Waals surface area contributed by atoms with Crippen LogP contribution in [0.3, 0.4) is 0 Å². The number of carbonyl (C=O) groups excluding carboxylic acids is 2. The smallest absolute Gasteiger partial charge is 0.229 e. The van der Waals surface area contributed by atoms with Gasteiger partial charge in [-0.1, -0.05) is 42.3 Å². The Balaban J connectivity index is 1.55. The van der Waals surface area contributed by atoms with Crippen molar-refractivity contribution in [3.8, 4) is 17.2 Å². The maximum absolute atomic E-state index is 13.6. The van der Waals surface area contributed by atoms with Crippen LogP contribution >= 0.6 is 34.5 Å². The lowest BCUT2D eigenvalue weighted by Gasteiger charge is -2.40. The first-order valence-corrected chi connectivity index (χ1v) is 15.6. The third-order valence-corrected chi connectivity index (χ3v) is 10.4. The Hall–Kier alpha value is -3.11. The van der Waals surface area contributed by atoms with Gasteiger partial charge < -0.3 is 30.3 Å². The average Bonchev–Trinajstić information content (AvgIpc) is 3.56. The summed E-state index contributed by atoms with van der Waals surface area (Å²) in [5.41, 5.74) is 5.74. The molecule has 3 aromatic rings. The maximum atomic E-state index is 13.6. The minimum atomic E-state index is -0.646. The van der Waals surface area contributed by atoms with E-state index in [-0.39, 0.29) is 23.6 Å². The lowest BCUT2D eigenvalue weighted by Crippen LogP contribution is -2.50. The first-order valence-electron chi connectivity index (χ1n) is 13.9. The summed E-state index contributed by atoms with van der Waals surface area (Å²) in [6.45, 7) is 4.15. The van der Waals surface area contributed by atoms with Crippen LogP contribution < -0.4 is 19.9 Å². The molecule has 0 bridgehead atoms. The van der Waals surface area contributed by atoms with Crippen molar-refractivity contribution in [1.82, 2.24) is 4.90 Å². The Bertz CT molecular complexity index is 1460. The molecule has 0 aliphatic carbocycles.